The Labute approximate surface area is 254 Å². The molecule has 39 heavy (non-hydrogen) atoms. The van der Waals surface area contributed by atoms with E-state index < -0.39 is 18.2 Å². The first-order valence-corrected chi connectivity index (χ1v) is 13.6. The van der Waals surface area contributed by atoms with Gasteiger partial charge in [0.1, 0.15) is 17.1 Å². The van der Waals surface area contributed by atoms with Crippen molar-refractivity contribution >= 4 is 17.6 Å². The van der Waals surface area contributed by atoms with E-state index in [9.17, 15) is 23.1 Å². The summed E-state index contributed by atoms with van der Waals surface area (Å²) in [5.74, 6) is -0.730. The van der Waals surface area contributed by atoms with Crippen LogP contribution in [-0.2, 0) is 11.2 Å². The molecule has 206 valence electrons. The van der Waals surface area contributed by atoms with Crippen LogP contribution >= 0.6 is 11.6 Å². The summed E-state index contributed by atoms with van der Waals surface area (Å²) in [6.07, 6.45) is 0.474. The minimum atomic E-state index is -4.78. The zero-order valence-electron chi connectivity index (χ0n) is 22.5. The number of rotatable bonds is 7. The molecular weight excluding hydrogens is 542 g/mol. The minimum absolute atomic E-state index is 0. The van der Waals surface area contributed by atoms with Crippen LogP contribution in [0.25, 0.3) is 0 Å². The molecular formula is C29H32ClF3NNaO4. The van der Waals surface area contributed by atoms with Crippen molar-refractivity contribution < 1.29 is 62.1 Å². The second-order valence-electron chi connectivity index (χ2n) is 11.1. The quantitative estimate of drug-likeness (QED) is 0.477. The fourth-order valence-corrected chi connectivity index (χ4v) is 6.41. The van der Waals surface area contributed by atoms with Gasteiger partial charge in [-0.25, -0.2) is 0 Å². The fraction of sp³-hybridized carbons (Fsp3) is 0.552. The molecule has 2 aliphatic heterocycles. The molecule has 1 spiro atoms. The van der Waals surface area contributed by atoms with E-state index in [1.807, 2.05) is 19.1 Å². The normalized spacial score (nSPS) is 21.2. The summed E-state index contributed by atoms with van der Waals surface area (Å²) in [5.41, 5.74) is 2.16. The molecule has 0 amide bonds. The van der Waals surface area contributed by atoms with Crippen molar-refractivity contribution in [1.82, 2.24) is 4.90 Å². The number of carboxylic acid groups (broad SMARTS) is 1. The van der Waals surface area contributed by atoms with Crippen LogP contribution in [0.2, 0.25) is 5.02 Å². The van der Waals surface area contributed by atoms with Gasteiger partial charge in [0.05, 0.1) is 0 Å². The largest absolute Gasteiger partial charge is 1.00 e. The van der Waals surface area contributed by atoms with Crippen molar-refractivity contribution in [3.63, 3.8) is 0 Å². The summed E-state index contributed by atoms with van der Waals surface area (Å²) in [5, 5.41) is 12.0. The number of benzene rings is 2. The minimum Gasteiger partial charge on any atom is -0.550 e. The molecule has 1 saturated carbocycles. The molecule has 10 heteroatoms. The van der Waals surface area contributed by atoms with Gasteiger partial charge in [-0.05, 0) is 92.7 Å². The van der Waals surface area contributed by atoms with Crippen molar-refractivity contribution in [2.24, 2.45) is 11.8 Å². The molecule has 5 rings (SSSR count). The summed E-state index contributed by atoms with van der Waals surface area (Å²) >= 11 is 6.12. The van der Waals surface area contributed by atoms with E-state index in [-0.39, 0.29) is 52.9 Å². The summed E-state index contributed by atoms with van der Waals surface area (Å²) in [4.78, 5) is 13.8. The van der Waals surface area contributed by atoms with Crippen molar-refractivity contribution in [1.29, 1.82) is 0 Å². The summed E-state index contributed by atoms with van der Waals surface area (Å²) in [6.45, 7) is 4.90. The Morgan fingerprint density at radius 3 is 2.44 bits per heavy atom. The first kappa shape index (κ1) is 30.5. The molecule has 1 saturated heterocycles. The van der Waals surface area contributed by atoms with Crippen molar-refractivity contribution in [2.45, 2.75) is 76.3 Å². The van der Waals surface area contributed by atoms with Gasteiger partial charge in [-0.15, -0.1) is 13.2 Å². The van der Waals surface area contributed by atoms with Gasteiger partial charge in [-0.1, -0.05) is 30.7 Å². The number of halogens is 4. The molecule has 0 radical (unpaired) electrons. The third-order valence-electron chi connectivity index (χ3n) is 8.60. The van der Waals surface area contributed by atoms with Gasteiger partial charge in [0.2, 0.25) is 0 Å². The van der Waals surface area contributed by atoms with Gasteiger partial charge < -0.3 is 19.4 Å². The number of ether oxygens (including phenoxy) is 2. The van der Waals surface area contributed by atoms with Gasteiger partial charge >= 0.3 is 35.9 Å². The number of piperidine rings is 1. The van der Waals surface area contributed by atoms with E-state index in [0.29, 0.717) is 29.6 Å². The third-order valence-corrected chi connectivity index (χ3v) is 8.83. The Hall–Kier alpha value is -1.45. The molecule has 5 nitrogen and oxygen atoms in total. The first-order valence-electron chi connectivity index (χ1n) is 13.3. The molecule has 3 atom stereocenters. The Bertz CT molecular complexity index is 1200. The van der Waals surface area contributed by atoms with Gasteiger partial charge in [0.25, 0.3) is 0 Å². The number of fused-ring (bicyclic) bond motifs is 1. The third kappa shape index (κ3) is 6.89. The SMILES string of the molecule is CC(c1cc(Cl)ccc1OC(F)(F)F)N1CCC2(CCc3ccc([C@H](C4CC4)[C@H](C)C(=O)[O-])cc3O2)CC1.[Na+]. The molecule has 2 fully saturated rings. The van der Waals surface area contributed by atoms with Crippen LogP contribution in [0, 0.1) is 11.8 Å². The van der Waals surface area contributed by atoms with E-state index >= 15 is 0 Å². The first-order chi connectivity index (χ1) is 17.9. The molecule has 2 heterocycles. The molecule has 1 unspecified atom stereocenters. The Kier molecular flexibility index (Phi) is 9.24. The van der Waals surface area contributed by atoms with Crippen LogP contribution in [0.4, 0.5) is 13.2 Å². The van der Waals surface area contributed by atoms with Crippen molar-refractivity contribution in [3.05, 3.63) is 58.1 Å². The number of aliphatic carboxylic acids is 1. The zero-order valence-corrected chi connectivity index (χ0v) is 25.3. The molecule has 1 aliphatic carbocycles. The van der Waals surface area contributed by atoms with Gasteiger partial charge in [0, 0.05) is 41.6 Å². The maximum absolute atomic E-state index is 13.0. The van der Waals surface area contributed by atoms with Crippen molar-refractivity contribution in [3.8, 4) is 11.5 Å². The number of likely N-dealkylation sites (tertiary alicyclic amines) is 1. The van der Waals surface area contributed by atoms with Crippen molar-refractivity contribution in [2.75, 3.05) is 13.1 Å². The Balaban J connectivity index is 0.00000353. The summed E-state index contributed by atoms with van der Waals surface area (Å²) in [7, 11) is 0. The van der Waals surface area contributed by atoms with Gasteiger partial charge in [-0.3, -0.25) is 4.90 Å². The van der Waals surface area contributed by atoms with Crippen LogP contribution < -0.4 is 44.1 Å². The molecule has 2 aromatic carbocycles. The smallest absolute Gasteiger partial charge is 0.550 e. The number of hydrogen-bond acceptors (Lipinski definition) is 5. The van der Waals surface area contributed by atoms with Crippen LogP contribution in [0.5, 0.6) is 11.5 Å². The Morgan fingerprint density at radius 2 is 1.82 bits per heavy atom. The maximum atomic E-state index is 13.0. The monoisotopic (exact) mass is 573 g/mol. The standard InChI is InChI=1S/C29H33ClF3NO4.Na/c1-17(27(35)36)26(20-4-5-20)21-6-3-19-9-10-28(37-25(19)15-21)11-13-34(14-12-28)18(2)23-16-22(30)7-8-24(23)38-29(31,32)33;/h3,6-8,15-18,20,26H,4-5,9-14H2,1-2H3,(H,35,36);/q;+1/p-1/t17-,18?,26-;/m0./s1. The summed E-state index contributed by atoms with van der Waals surface area (Å²) < 4.78 is 49.9. The van der Waals surface area contributed by atoms with E-state index in [0.717, 1.165) is 55.4 Å². The van der Waals surface area contributed by atoms with Crippen LogP contribution in [0.15, 0.2) is 36.4 Å². The number of carboxylic acids is 1. The zero-order chi connectivity index (χ0) is 27.2. The second-order valence-corrected chi connectivity index (χ2v) is 11.5. The number of alkyl halides is 3. The second kappa shape index (κ2) is 11.8. The average Bonchev–Trinajstić information content (AvgIpc) is 3.69. The number of nitrogens with zero attached hydrogens (tertiary/aromatic N) is 1. The molecule has 2 aromatic rings. The Morgan fingerprint density at radius 1 is 1.13 bits per heavy atom. The molecule has 0 bridgehead atoms. The molecule has 3 aliphatic rings. The summed E-state index contributed by atoms with van der Waals surface area (Å²) in [6, 6.07) is 10.0. The van der Waals surface area contributed by atoms with E-state index in [1.165, 1.54) is 18.2 Å². The van der Waals surface area contributed by atoms with E-state index in [2.05, 4.69) is 15.7 Å². The van der Waals surface area contributed by atoms with E-state index in [1.54, 1.807) is 6.92 Å². The van der Waals surface area contributed by atoms with Gasteiger partial charge in [0.15, 0.2) is 0 Å². The predicted octanol–water partition coefficient (Wildman–Crippen LogP) is 3.04. The van der Waals surface area contributed by atoms with Crippen LogP contribution in [-0.4, -0.2) is 35.9 Å². The van der Waals surface area contributed by atoms with E-state index in [4.69, 9.17) is 16.3 Å². The van der Waals surface area contributed by atoms with Crippen LogP contribution in [0.3, 0.4) is 0 Å². The number of carbonyl (C=O) groups excluding carboxylic acids is 1. The average molecular weight is 574 g/mol. The maximum Gasteiger partial charge on any atom is 1.00 e. The predicted molar refractivity (Wildman–Crippen MR) is 135 cm³/mol. The number of carbonyl (C=O) groups is 1. The van der Waals surface area contributed by atoms with Crippen LogP contribution in [0.1, 0.15) is 74.6 Å². The number of hydrogen-bond donors (Lipinski definition) is 0. The number of aryl methyl sites for hydroxylation is 1. The van der Waals surface area contributed by atoms with Gasteiger partial charge in [-0.2, -0.15) is 0 Å². The molecule has 0 N–H and O–H groups in total. The topological polar surface area (TPSA) is 61.8 Å². The molecule has 0 aromatic heterocycles. The fourth-order valence-electron chi connectivity index (χ4n) is 6.23.